The predicted molar refractivity (Wildman–Crippen MR) is 45.5 cm³/mol. The number of hydrogen-bond donors (Lipinski definition) is 0. The summed E-state index contributed by atoms with van der Waals surface area (Å²) in [6, 6.07) is 1.61. The van der Waals surface area contributed by atoms with Crippen molar-refractivity contribution >= 4 is 11.6 Å². The fourth-order valence-electron chi connectivity index (χ4n) is 0.769. The first kappa shape index (κ1) is 10.2. The molecule has 0 N–H and O–H groups in total. The molecule has 72 valence electrons. The van der Waals surface area contributed by atoms with Crippen LogP contribution in [0.4, 0.5) is 8.78 Å². The normalized spacial score (nSPS) is 10.5. The maximum Gasteiger partial charge on any atom is 0.272 e. The summed E-state index contributed by atoms with van der Waals surface area (Å²) in [5.74, 6) is 0.0487. The van der Waals surface area contributed by atoms with Crippen molar-refractivity contribution in [2.45, 2.75) is 13.3 Å². The third-order valence-electron chi connectivity index (χ3n) is 1.29. The first-order chi connectivity index (χ1) is 6.09. The average molecular weight is 208 g/mol. The third kappa shape index (κ3) is 3.14. The van der Waals surface area contributed by atoms with Gasteiger partial charge in [-0.25, -0.2) is 13.8 Å². The summed E-state index contributed by atoms with van der Waals surface area (Å²) in [6.45, 7) is 1.12. The lowest BCUT2D eigenvalue weighted by atomic mass is 10.3. The van der Waals surface area contributed by atoms with Gasteiger partial charge in [-0.05, 0) is 18.6 Å². The van der Waals surface area contributed by atoms with E-state index in [9.17, 15) is 8.78 Å². The van der Waals surface area contributed by atoms with Gasteiger partial charge in [-0.3, -0.25) is 0 Å². The molecule has 1 aromatic rings. The number of aryl methyl sites for hydroxylation is 1. The molecule has 0 aromatic carbocycles. The van der Waals surface area contributed by atoms with Crippen LogP contribution in [0, 0.1) is 6.92 Å². The van der Waals surface area contributed by atoms with Crippen LogP contribution in [-0.2, 0) is 0 Å². The molecule has 2 nitrogen and oxygen atoms in total. The van der Waals surface area contributed by atoms with Gasteiger partial charge in [-0.1, -0.05) is 11.6 Å². The van der Waals surface area contributed by atoms with E-state index >= 15 is 0 Å². The van der Waals surface area contributed by atoms with Crippen molar-refractivity contribution in [3.8, 4) is 5.88 Å². The lowest BCUT2D eigenvalue weighted by Gasteiger charge is -2.05. The molecule has 0 atom stereocenters. The van der Waals surface area contributed by atoms with Crippen molar-refractivity contribution in [3.63, 3.8) is 0 Å². The van der Waals surface area contributed by atoms with E-state index in [2.05, 4.69) is 9.72 Å². The number of ether oxygens (including phenoxy) is 1. The molecule has 0 aliphatic carbocycles. The summed E-state index contributed by atoms with van der Waals surface area (Å²) in [5, 5.41) is 0.251. The number of aromatic nitrogens is 1. The second-order valence-electron chi connectivity index (χ2n) is 2.50. The summed E-state index contributed by atoms with van der Waals surface area (Å²) in [7, 11) is 0. The van der Waals surface area contributed by atoms with Gasteiger partial charge < -0.3 is 4.74 Å². The van der Waals surface area contributed by atoms with Crippen molar-refractivity contribution in [1.29, 1.82) is 0 Å². The maximum atomic E-state index is 11.7. The van der Waals surface area contributed by atoms with Gasteiger partial charge in [0.1, 0.15) is 5.02 Å². The molecule has 13 heavy (non-hydrogen) atoms. The van der Waals surface area contributed by atoms with Crippen LogP contribution in [0.15, 0.2) is 12.3 Å². The predicted octanol–water partition coefficient (Wildman–Crippen LogP) is 2.69. The molecule has 1 heterocycles. The highest BCUT2D eigenvalue weighted by atomic mass is 35.5. The molecule has 0 radical (unpaired) electrons. The van der Waals surface area contributed by atoms with Crippen molar-refractivity contribution in [1.82, 2.24) is 4.98 Å². The van der Waals surface area contributed by atoms with Gasteiger partial charge in [0.25, 0.3) is 6.43 Å². The molecular weight excluding hydrogens is 200 g/mol. The molecule has 0 aliphatic heterocycles. The van der Waals surface area contributed by atoms with Gasteiger partial charge in [0.2, 0.25) is 5.88 Å². The topological polar surface area (TPSA) is 22.1 Å². The number of halogens is 3. The maximum absolute atomic E-state index is 11.7. The van der Waals surface area contributed by atoms with E-state index in [4.69, 9.17) is 11.6 Å². The fraction of sp³-hybridized carbons (Fsp3) is 0.375. The summed E-state index contributed by atoms with van der Waals surface area (Å²) < 4.78 is 28.1. The Labute approximate surface area is 79.5 Å². The molecule has 5 heteroatoms. The van der Waals surface area contributed by atoms with E-state index in [1.807, 2.05) is 0 Å². The largest absolute Gasteiger partial charge is 0.471 e. The smallest absolute Gasteiger partial charge is 0.272 e. The molecule has 0 unspecified atom stereocenters. The van der Waals surface area contributed by atoms with Gasteiger partial charge >= 0.3 is 0 Å². The zero-order valence-electron chi connectivity index (χ0n) is 6.93. The fourth-order valence-corrected chi connectivity index (χ4v) is 1.04. The first-order valence-electron chi connectivity index (χ1n) is 3.62. The van der Waals surface area contributed by atoms with E-state index in [0.717, 1.165) is 5.56 Å². The van der Waals surface area contributed by atoms with Crippen LogP contribution in [0.2, 0.25) is 5.02 Å². The minimum absolute atomic E-state index is 0.0487. The Morgan fingerprint density at radius 3 is 2.85 bits per heavy atom. The SMILES string of the molecule is Cc1cnc(OCC(F)F)c(Cl)c1. The minimum atomic E-state index is -2.51. The van der Waals surface area contributed by atoms with Gasteiger partial charge in [0, 0.05) is 6.20 Å². The van der Waals surface area contributed by atoms with E-state index < -0.39 is 13.0 Å². The number of rotatable bonds is 3. The Morgan fingerprint density at radius 2 is 2.31 bits per heavy atom. The third-order valence-corrected chi connectivity index (χ3v) is 1.56. The molecule has 0 amide bonds. The summed E-state index contributed by atoms with van der Waals surface area (Å²) >= 11 is 5.68. The lowest BCUT2D eigenvalue weighted by molar-refractivity contribution is 0.0796. The zero-order chi connectivity index (χ0) is 9.84. The first-order valence-corrected chi connectivity index (χ1v) is 4.00. The minimum Gasteiger partial charge on any atom is -0.471 e. The number of alkyl halides is 2. The quantitative estimate of drug-likeness (QED) is 0.760. The zero-order valence-corrected chi connectivity index (χ0v) is 7.68. The van der Waals surface area contributed by atoms with E-state index in [0.29, 0.717) is 0 Å². The molecule has 1 aromatic heterocycles. The van der Waals surface area contributed by atoms with Crippen LogP contribution in [0.25, 0.3) is 0 Å². The standard InChI is InChI=1S/C8H8ClF2NO/c1-5-2-6(9)8(12-3-5)13-4-7(10)11/h2-3,7H,4H2,1H3. The molecular formula is C8H8ClF2NO. The van der Waals surface area contributed by atoms with Crippen LogP contribution < -0.4 is 4.74 Å². The van der Waals surface area contributed by atoms with E-state index in [1.165, 1.54) is 6.20 Å². The van der Waals surface area contributed by atoms with Gasteiger partial charge in [-0.15, -0.1) is 0 Å². The van der Waals surface area contributed by atoms with Crippen molar-refractivity contribution in [2.75, 3.05) is 6.61 Å². The van der Waals surface area contributed by atoms with Crippen molar-refractivity contribution in [3.05, 3.63) is 22.8 Å². The highest BCUT2D eigenvalue weighted by molar-refractivity contribution is 6.31. The molecule has 0 fully saturated rings. The number of hydrogen-bond acceptors (Lipinski definition) is 2. The van der Waals surface area contributed by atoms with Crippen LogP contribution in [0.5, 0.6) is 5.88 Å². The van der Waals surface area contributed by atoms with Crippen molar-refractivity contribution < 1.29 is 13.5 Å². The Bertz CT molecular complexity index is 293. The Morgan fingerprint density at radius 1 is 1.62 bits per heavy atom. The van der Waals surface area contributed by atoms with Gasteiger partial charge in [-0.2, -0.15) is 0 Å². The van der Waals surface area contributed by atoms with E-state index in [-0.39, 0.29) is 10.9 Å². The Hall–Kier alpha value is -0.900. The van der Waals surface area contributed by atoms with Gasteiger partial charge in [0.15, 0.2) is 6.61 Å². The summed E-state index contributed by atoms with van der Waals surface area (Å²) in [5.41, 5.74) is 0.856. The Kier molecular flexibility index (Phi) is 3.42. The van der Waals surface area contributed by atoms with Crippen LogP contribution >= 0.6 is 11.6 Å². The molecule has 0 saturated carbocycles. The highest BCUT2D eigenvalue weighted by Crippen LogP contribution is 2.22. The highest BCUT2D eigenvalue weighted by Gasteiger charge is 2.07. The van der Waals surface area contributed by atoms with Crippen LogP contribution in [0.1, 0.15) is 5.56 Å². The number of nitrogens with zero attached hydrogens (tertiary/aromatic N) is 1. The average Bonchev–Trinajstić information content (AvgIpc) is 2.02. The number of pyridine rings is 1. The van der Waals surface area contributed by atoms with Crippen LogP contribution in [0.3, 0.4) is 0 Å². The van der Waals surface area contributed by atoms with Gasteiger partial charge in [0.05, 0.1) is 0 Å². The molecule has 0 bridgehead atoms. The van der Waals surface area contributed by atoms with E-state index in [1.54, 1.807) is 13.0 Å². The monoisotopic (exact) mass is 207 g/mol. The van der Waals surface area contributed by atoms with Crippen LogP contribution in [-0.4, -0.2) is 18.0 Å². The molecule has 0 saturated heterocycles. The second-order valence-corrected chi connectivity index (χ2v) is 2.91. The molecule has 1 rings (SSSR count). The molecule has 0 spiro atoms. The van der Waals surface area contributed by atoms with Crippen molar-refractivity contribution in [2.24, 2.45) is 0 Å². The molecule has 0 aliphatic rings. The Balaban J connectivity index is 2.67. The summed E-state index contributed by atoms with van der Waals surface area (Å²) in [4.78, 5) is 3.76. The second kappa shape index (κ2) is 4.37. The lowest BCUT2D eigenvalue weighted by Crippen LogP contribution is -2.08. The summed E-state index contributed by atoms with van der Waals surface area (Å²) in [6.07, 6.45) is -1.01.